The molecule has 0 spiro atoms. The van der Waals surface area contributed by atoms with Gasteiger partial charge in [0, 0.05) is 32.7 Å². The van der Waals surface area contributed by atoms with Crippen LogP contribution in [0.1, 0.15) is 59.2 Å². The normalized spacial score (nSPS) is 14.5. The monoisotopic (exact) mass is 496 g/mol. The summed E-state index contributed by atoms with van der Waals surface area (Å²) in [5.41, 5.74) is 0.616. The number of anilines is 1. The van der Waals surface area contributed by atoms with Gasteiger partial charge in [-0.05, 0) is 32.8 Å². The average Bonchev–Trinajstić information content (AvgIpc) is 3.11. The molecule has 0 aliphatic carbocycles. The predicted molar refractivity (Wildman–Crippen MR) is 130 cm³/mol. The number of amides is 2. The number of rotatable bonds is 12. The zero-order chi connectivity index (χ0) is 25.1. The van der Waals surface area contributed by atoms with E-state index >= 15 is 0 Å². The molecule has 1 aromatic rings. The van der Waals surface area contributed by atoms with E-state index in [2.05, 4.69) is 22.5 Å². The van der Waals surface area contributed by atoms with Crippen molar-refractivity contribution >= 4 is 40.1 Å². The second-order valence-electron chi connectivity index (χ2n) is 8.01. The number of piperazine rings is 1. The van der Waals surface area contributed by atoms with E-state index in [-0.39, 0.29) is 47.0 Å². The number of carbonyl (C=O) groups excluding carboxylic acids is 4. The number of nitrogens with zero attached hydrogens (tertiary/aromatic N) is 2. The maximum absolute atomic E-state index is 12.7. The van der Waals surface area contributed by atoms with Gasteiger partial charge in [0.1, 0.15) is 9.88 Å². The number of ether oxygens (including phenoxy) is 2. The summed E-state index contributed by atoms with van der Waals surface area (Å²) >= 11 is 1.02. The van der Waals surface area contributed by atoms with E-state index in [0.717, 1.165) is 24.2 Å². The average molecular weight is 497 g/mol. The molecule has 1 saturated heterocycles. The van der Waals surface area contributed by atoms with E-state index in [1.54, 1.807) is 20.8 Å². The minimum Gasteiger partial charge on any atom is -0.462 e. The minimum atomic E-state index is -0.590. The molecule has 1 aliphatic rings. The molecule has 2 heterocycles. The lowest BCUT2D eigenvalue weighted by molar-refractivity contribution is -0.123. The van der Waals surface area contributed by atoms with E-state index in [4.69, 9.17) is 9.47 Å². The Labute approximate surface area is 204 Å². The Hall–Kier alpha value is -2.50. The molecule has 34 heavy (non-hydrogen) atoms. The van der Waals surface area contributed by atoms with Gasteiger partial charge < -0.3 is 20.1 Å². The number of thiophene rings is 1. The molecule has 1 aromatic heterocycles. The van der Waals surface area contributed by atoms with Crippen molar-refractivity contribution in [1.82, 2.24) is 15.1 Å². The molecule has 0 radical (unpaired) electrons. The molecule has 0 saturated carbocycles. The van der Waals surface area contributed by atoms with Gasteiger partial charge in [-0.15, -0.1) is 11.3 Å². The van der Waals surface area contributed by atoms with Crippen LogP contribution in [0.5, 0.6) is 0 Å². The summed E-state index contributed by atoms with van der Waals surface area (Å²) in [6, 6.07) is 0. The van der Waals surface area contributed by atoms with Crippen LogP contribution in [0, 0.1) is 6.92 Å². The van der Waals surface area contributed by atoms with Crippen LogP contribution in [-0.2, 0) is 19.1 Å². The third-order valence-electron chi connectivity index (χ3n) is 5.39. The van der Waals surface area contributed by atoms with Crippen LogP contribution in [0.4, 0.5) is 5.00 Å². The highest BCUT2D eigenvalue weighted by Crippen LogP contribution is 2.34. The van der Waals surface area contributed by atoms with Crippen molar-refractivity contribution in [2.45, 2.75) is 40.5 Å². The number of esters is 2. The fourth-order valence-corrected chi connectivity index (χ4v) is 4.69. The van der Waals surface area contributed by atoms with Crippen LogP contribution in [0.3, 0.4) is 0 Å². The van der Waals surface area contributed by atoms with Gasteiger partial charge in [0.2, 0.25) is 11.8 Å². The van der Waals surface area contributed by atoms with Crippen LogP contribution in [0.15, 0.2) is 0 Å². The molecule has 11 heteroatoms. The lowest BCUT2D eigenvalue weighted by atomic mass is 10.1. The summed E-state index contributed by atoms with van der Waals surface area (Å²) in [5.74, 6) is -1.39. The zero-order valence-corrected chi connectivity index (χ0v) is 21.3. The molecule has 1 aliphatic heterocycles. The van der Waals surface area contributed by atoms with Gasteiger partial charge >= 0.3 is 11.9 Å². The van der Waals surface area contributed by atoms with Gasteiger partial charge in [-0.1, -0.05) is 13.3 Å². The second-order valence-corrected chi connectivity index (χ2v) is 9.03. The Morgan fingerprint density at radius 2 is 1.44 bits per heavy atom. The first-order chi connectivity index (χ1) is 16.3. The fourth-order valence-electron chi connectivity index (χ4n) is 3.58. The Kier molecular flexibility index (Phi) is 11.4. The van der Waals surface area contributed by atoms with E-state index in [1.165, 1.54) is 0 Å². The summed E-state index contributed by atoms with van der Waals surface area (Å²) in [6.45, 7) is 11.4. The molecule has 10 nitrogen and oxygen atoms in total. The van der Waals surface area contributed by atoms with Gasteiger partial charge in [0.05, 0.1) is 31.9 Å². The fraction of sp³-hybridized carbons (Fsp3) is 0.652. The predicted octanol–water partition coefficient (Wildman–Crippen LogP) is 1.88. The Morgan fingerprint density at radius 3 is 2.00 bits per heavy atom. The molecule has 0 aromatic carbocycles. The van der Waals surface area contributed by atoms with Gasteiger partial charge in [-0.3, -0.25) is 19.4 Å². The smallest absolute Gasteiger partial charge is 0.348 e. The molecular formula is C23H36N4O6S. The number of carbonyl (C=O) groups is 4. The summed E-state index contributed by atoms with van der Waals surface area (Å²) in [5, 5.41) is 5.98. The highest BCUT2D eigenvalue weighted by atomic mass is 32.1. The van der Waals surface area contributed by atoms with Crippen LogP contribution >= 0.6 is 11.3 Å². The molecule has 2 N–H and O–H groups in total. The highest BCUT2D eigenvalue weighted by Gasteiger charge is 2.28. The van der Waals surface area contributed by atoms with E-state index in [0.29, 0.717) is 44.8 Å². The van der Waals surface area contributed by atoms with Crippen molar-refractivity contribution in [3.05, 3.63) is 16.0 Å². The minimum absolute atomic E-state index is 0.0246. The largest absolute Gasteiger partial charge is 0.462 e. The first kappa shape index (κ1) is 27.7. The van der Waals surface area contributed by atoms with Crippen molar-refractivity contribution in [3.63, 3.8) is 0 Å². The number of unbranched alkanes of at least 4 members (excludes halogenated alkanes) is 1. The summed E-state index contributed by atoms with van der Waals surface area (Å²) < 4.78 is 10.2. The van der Waals surface area contributed by atoms with Crippen LogP contribution < -0.4 is 10.6 Å². The van der Waals surface area contributed by atoms with Crippen molar-refractivity contribution in [2.75, 3.05) is 64.3 Å². The highest BCUT2D eigenvalue weighted by molar-refractivity contribution is 7.18. The first-order valence-corrected chi connectivity index (χ1v) is 12.6. The number of hydrogen-bond donors (Lipinski definition) is 2. The Balaban J connectivity index is 1.94. The SMILES string of the molecule is CCCCNC(=O)CN1CCN(CC(=O)Nc2sc(C(=O)OCC)c(C)c2C(=O)OCC)CC1. The first-order valence-electron chi connectivity index (χ1n) is 11.8. The lowest BCUT2D eigenvalue weighted by Crippen LogP contribution is -2.51. The van der Waals surface area contributed by atoms with Crippen LogP contribution in [0.25, 0.3) is 0 Å². The molecule has 1 fully saturated rings. The molecule has 0 unspecified atom stereocenters. The molecule has 0 bridgehead atoms. The molecule has 2 amide bonds. The summed E-state index contributed by atoms with van der Waals surface area (Å²) in [7, 11) is 0. The maximum Gasteiger partial charge on any atom is 0.348 e. The van der Waals surface area contributed by atoms with E-state index in [1.807, 2.05) is 4.90 Å². The van der Waals surface area contributed by atoms with Crippen LogP contribution in [-0.4, -0.2) is 92.6 Å². The molecular weight excluding hydrogens is 460 g/mol. The van der Waals surface area contributed by atoms with Gasteiger partial charge in [0.25, 0.3) is 0 Å². The summed E-state index contributed by atoms with van der Waals surface area (Å²) in [4.78, 5) is 53.9. The lowest BCUT2D eigenvalue weighted by Gasteiger charge is -2.33. The van der Waals surface area contributed by atoms with Crippen molar-refractivity contribution in [2.24, 2.45) is 0 Å². The van der Waals surface area contributed by atoms with Crippen molar-refractivity contribution in [1.29, 1.82) is 0 Å². The van der Waals surface area contributed by atoms with Crippen LogP contribution in [0.2, 0.25) is 0 Å². The van der Waals surface area contributed by atoms with E-state index < -0.39 is 11.9 Å². The van der Waals surface area contributed by atoms with Gasteiger partial charge in [-0.25, -0.2) is 9.59 Å². The van der Waals surface area contributed by atoms with Gasteiger partial charge in [0.15, 0.2) is 0 Å². The molecule has 2 rings (SSSR count). The maximum atomic E-state index is 12.7. The second kappa shape index (κ2) is 14.0. The standard InChI is InChI=1S/C23H36N4O6S/c1-5-8-9-24-17(28)14-26-10-12-27(13-11-26)15-18(29)25-21-19(22(30)32-6-2)16(4)20(34-21)23(31)33-7-3/h5-15H2,1-4H3,(H,24,28)(H,25,29). The Morgan fingerprint density at radius 1 is 0.882 bits per heavy atom. The van der Waals surface area contributed by atoms with Crippen molar-refractivity contribution in [3.8, 4) is 0 Å². The quantitative estimate of drug-likeness (QED) is 0.333. The zero-order valence-electron chi connectivity index (χ0n) is 20.5. The third kappa shape index (κ3) is 8.07. The third-order valence-corrected chi connectivity index (χ3v) is 6.58. The number of hydrogen-bond acceptors (Lipinski definition) is 9. The van der Waals surface area contributed by atoms with E-state index in [9.17, 15) is 19.2 Å². The summed E-state index contributed by atoms with van der Waals surface area (Å²) in [6.07, 6.45) is 2.01. The van der Waals surface area contributed by atoms with Gasteiger partial charge in [-0.2, -0.15) is 0 Å². The molecule has 0 atom stereocenters. The molecule has 190 valence electrons. The topological polar surface area (TPSA) is 117 Å². The number of nitrogens with one attached hydrogen (secondary N) is 2. The Bertz CT molecular complexity index is 864. The van der Waals surface area contributed by atoms with Crippen molar-refractivity contribution < 1.29 is 28.7 Å².